The quantitative estimate of drug-likeness (QED) is 0.566. The lowest BCUT2D eigenvalue weighted by Crippen LogP contribution is -2.49. The molecule has 0 atom stereocenters. The third kappa shape index (κ3) is 3.78. The van der Waals surface area contributed by atoms with Gasteiger partial charge in [0.05, 0.1) is 16.6 Å². The molecule has 32 heavy (non-hydrogen) atoms. The van der Waals surface area contributed by atoms with E-state index in [9.17, 15) is 14.7 Å². The molecule has 0 amide bonds. The number of aromatic nitrogens is 5. The van der Waals surface area contributed by atoms with Crippen molar-refractivity contribution in [2.45, 2.75) is 31.5 Å². The van der Waals surface area contributed by atoms with Gasteiger partial charge in [-0.25, -0.2) is 15.0 Å². The fourth-order valence-corrected chi connectivity index (χ4v) is 4.64. The Hall–Kier alpha value is -2.82. The molecule has 0 aliphatic carbocycles. The number of nitrogens with zero attached hydrogens (tertiary/aromatic N) is 7. The number of β-amino-alcohol motifs (C(OH)–C–C–N with tert-alkyl or cyclic N) is 1. The maximum absolute atomic E-state index is 12.8. The Labute approximate surface area is 188 Å². The largest absolute Gasteiger partial charge is 0.390 e. The minimum atomic E-state index is -0.586. The highest BCUT2D eigenvalue weighted by molar-refractivity contribution is 6.31. The van der Waals surface area contributed by atoms with Crippen LogP contribution in [0.25, 0.3) is 11.2 Å². The van der Waals surface area contributed by atoms with Gasteiger partial charge in [-0.15, -0.1) is 0 Å². The van der Waals surface area contributed by atoms with E-state index in [1.165, 1.54) is 15.3 Å². The Balaban J connectivity index is 1.32. The smallest absolute Gasteiger partial charge is 0.318 e. The number of aliphatic hydroxyl groups excluding tert-OH is 1. The lowest BCUT2D eigenvalue weighted by atomic mass is 10.0. The molecule has 168 valence electrons. The molecule has 2 aliphatic heterocycles. The second-order valence-electron chi connectivity index (χ2n) is 8.49. The van der Waals surface area contributed by atoms with Gasteiger partial charge >= 0.3 is 11.1 Å². The standard InChI is InChI=1S/C21H24ClN7O3/c1-26-17-6-14(22)9-23-18(17)29(20(32)19(26)31)15-2-4-28(5-3-15)21-24-7-13(8-25-21)10-27-11-16(30)12-27/h6-9,15-16,30H,2-5,10-12H2,1H3. The average Bonchev–Trinajstić information content (AvgIpc) is 2.78. The van der Waals surface area contributed by atoms with Crippen LogP contribution in [0.15, 0.2) is 34.2 Å². The molecular weight excluding hydrogens is 434 g/mol. The minimum Gasteiger partial charge on any atom is -0.390 e. The number of piperidine rings is 1. The summed E-state index contributed by atoms with van der Waals surface area (Å²) in [7, 11) is 1.56. The molecule has 5 rings (SSSR count). The van der Waals surface area contributed by atoms with Crippen LogP contribution in [-0.2, 0) is 13.6 Å². The van der Waals surface area contributed by atoms with E-state index in [0.717, 1.165) is 12.1 Å². The van der Waals surface area contributed by atoms with Crippen LogP contribution in [0, 0.1) is 0 Å². The maximum atomic E-state index is 12.8. The van der Waals surface area contributed by atoms with Crippen molar-refractivity contribution < 1.29 is 5.11 Å². The Bertz CT molecular complexity index is 1260. The number of pyridine rings is 1. The second kappa shape index (κ2) is 8.27. The molecule has 2 saturated heterocycles. The minimum absolute atomic E-state index is 0.138. The van der Waals surface area contributed by atoms with Gasteiger partial charge in [0.15, 0.2) is 5.65 Å². The number of likely N-dealkylation sites (tertiary alicyclic amines) is 1. The molecular formula is C21H24ClN7O3. The first-order valence-corrected chi connectivity index (χ1v) is 11.0. The summed E-state index contributed by atoms with van der Waals surface area (Å²) in [5.74, 6) is 0.655. The van der Waals surface area contributed by atoms with E-state index in [-0.39, 0.29) is 12.1 Å². The van der Waals surface area contributed by atoms with Crippen molar-refractivity contribution in [2.75, 3.05) is 31.1 Å². The maximum Gasteiger partial charge on any atom is 0.318 e. The number of hydrogen-bond donors (Lipinski definition) is 1. The SMILES string of the molecule is Cn1c(=O)c(=O)n(C2CCN(c3ncc(CN4CC(O)C4)cn3)CC2)c2ncc(Cl)cc21. The molecule has 3 aromatic rings. The van der Waals surface area contributed by atoms with Crippen LogP contribution < -0.4 is 16.0 Å². The van der Waals surface area contributed by atoms with Crippen LogP contribution >= 0.6 is 11.6 Å². The zero-order chi connectivity index (χ0) is 22.4. The molecule has 0 unspecified atom stereocenters. The molecule has 2 aliphatic rings. The van der Waals surface area contributed by atoms with Gasteiger partial charge in [0.2, 0.25) is 5.95 Å². The van der Waals surface area contributed by atoms with Crippen molar-refractivity contribution in [1.82, 2.24) is 29.0 Å². The first kappa shape index (κ1) is 21.0. The third-order valence-corrected chi connectivity index (χ3v) is 6.46. The number of rotatable bonds is 4. The molecule has 0 saturated carbocycles. The van der Waals surface area contributed by atoms with Gasteiger partial charge in [0, 0.05) is 70.0 Å². The van der Waals surface area contributed by atoms with Crippen molar-refractivity contribution >= 4 is 28.7 Å². The van der Waals surface area contributed by atoms with E-state index in [0.29, 0.717) is 61.2 Å². The summed E-state index contributed by atoms with van der Waals surface area (Å²) in [6.07, 6.45) is 6.26. The summed E-state index contributed by atoms with van der Waals surface area (Å²) in [5.41, 5.74) is 0.871. The molecule has 11 heteroatoms. The average molecular weight is 458 g/mol. The monoisotopic (exact) mass is 457 g/mol. The van der Waals surface area contributed by atoms with Crippen molar-refractivity contribution in [3.05, 3.63) is 56.0 Å². The fraction of sp³-hybridized carbons (Fsp3) is 0.476. The predicted octanol–water partition coefficient (Wildman–Crippen LogP) is 0.557. The van der Waals surface area contributed by atoms with E-state index in [2.05, 4.69) is 24.8 Å². The lowest BCUT2D eigenvalue weighted by Gasteiger charge is -2.35. The molecule has 10 nitrogen and oxygen atoms in total. The van der Waals surface area contributed by atoms with Crippen LogP contribution in [0.3, 0.4) is 0 Å². The Morgan fingerprint density at radius 3 is 2.41 bits per heavy atom. The second-order valence-corrected chi connectivity index (χ2v) is 8.93. The number of fused-ring (bicyclic) bond motifs is 1. The molecule has 0 radical (unpaired) electrons. The van der Waals surface area contributed by atoms with Gasteiger partial charge in [0.25, 0.3) is 0 Å². The first-order valence-electron chi connectivity index (χ1n) is 10.6. The summed E-state index contributed by atoms with van der Waals surface area (Å²) in [6.45, 7) is 3.44. The van der Waals surface area contributed by atoms with Gasteiger partial charge in [0.1, 0.15) is 0 Å². The number of anilines is 1. The van der Waals surface area contributed by atoms with E-state index >= 15 is 0 Å². The van der Waals surface area contributed by atoms with Crippen molar-refractivity contribution in [3.8, 4) is 0 Å². The van der Waals surface area contributed by atoms with E-state index in [1.807, 2.05) is 12.4 Å². The van der Waals surface area contributed by atoms with Gasteiger partial charge < -0.3 is 14.6 Å². The number of aryl methyl sites for hydroxylation is 1. The van der Waals surface area contributed by atoms with Crippen molar-refractivity contribution in [3.63, 3.8) is 0 Å². The number of hydrogen-bond acceptors (Lipinski definition) is 8. The molecule has 0 bridgehead atoms. The molecule has 1 N–H and O–H groups in total. The normalized spacial score (nSPS) is 18.3. The van der Waals surface area contributed by atoms with E-state index in [1.54, 1.807) is 13.1 Å². The highest BCUT2D eigenvalue weighted by Crippen LogP contribution is 2.26. The molecule has 2 fully saturated rings. The van der Waals surface area contributed by atoms with Crippen LogP contribution in [0.2, 0.25) is 5.02 Å². The lowest BCUT2D eigenvalue weighted by molar-refractivity contribution is -0.00297. The third-order valence-electron chi connectivity index (χ3n) is 6.26. The Morgan fingerprint density at radius 1 is 1.06 bits per heavy atom. The van der Waals surface area contributed by atoms with Crippen LogP contribution in [0.5, 0.6) is 0 Å². The number of halogens is 1. The van der Waals surface area contributed by atoms with Crippen LogP contribution in [-0.4, -0.2) is 66.4 Å². The van der Waals surface area contributed by atoms with Crippen molar-refractivity contribution in [1.29, 1.82) is 0 Å². The first-order chi connectivity index (χ1) is 15.4. The van der Waals surface area contributed by atoms with Gasteiger partial charge in [-0.05, 0) is 18.9 Å². The Morgan fingerprint density at radius 2 is 1.75 bits per heavy atom. The van der Waals surface area contributed by atoms with Gasteiger partial charge in [-0.1, -0.05) is 11.6 Å². The van der Waals surface area contributed by atoms with Crippen molar-refractivity contribution in [2.24, 2.45) is 7.05 Å². The summed E-state index contributed by atoms with van der Waals surface area (Å²) in [6, 6.07) is 1.52. The molecule has 0 spiro atoms. The topological polar surface area (TPSA) is 109 Å². The number of aliphatic hydroxyl groups is 1. The van der Waals surface area contributed by atoms with Gasteiger partial charge in [-0.3, -0.25) is 19.1 Å². The highest BCUT2D eigenvalue weighted by Gasteiger charge is 2.27. The summed E-state index contributed by atoms with van der Waals surface area (Å²) >= 11 is 6.06. The summed E-state index contributed by atoms with van der Waals surface area (Å²) < 4.78 is 2.83. The van der Waals surface area contributed by atoms with E-state index < -0.39 is 11.1 Å². The molecule has 3 aromatic heterocycles. The predicted molar refractivity (Wildman–Crippen MR) is 120 cm³/mol. The highest BCUT2D eigenvalue weighted by atomic mass is 35.5. The molecule has 5 heterocycles. The Kier molecular flexibility index (Phi) is 5.44. The summed E-state index contributed by atoms with van der Waals surface area (Å²) in [5, 5.41) is 9.82. The zero-order valence-corrected chi connectivity index (χ0v) is 18.4. The zero-order valence-electron chi connectivity index (χ0n) is 17.7. The van der Waals surface area contributed by atoms with E-state index in [4.69, 9.17) is 11.6 Å². The van der Waals surface area contributed by atoms with Gasteiger partial charge in [-0.2, -0.15) is 0 Å². The van der Waals surface area contributed by atoms with Crippen LogP contribution in [0.4, 0.5) is 5.95 Å². The van der Waals surface area contributed by atoms with Crippen LogP contribution in [0.1, 0.15) is 24.4 Å². The fourth-order valence-electron chi connectivity index (χ4n) is 4.49. The molecule has 0 aromatic carbocycles. The summed E-state index contributed by atoms with van der Waals surface area (Å²) in [4.78, 5) is 42.9.